The molecular formula is C15H25NO4. The minimum absolute atomic E-state index is 0.0199. The molecule has 3 atom stereocenters. The van der Waals surface area contributed by atoms with Gasteiger partial charge in [0.2, 0.25) is 0 Å². The SMILES string of the molecule is COC(=O)C12CCCN1[C@@H](C)[C@@H](C(=O)OC(C)(C)C)C2. The number of hydrogen-bond acceptors (Lipinski definition) is 5. The van der Waals surface area contributed by atoms with Crippen molar-refractivity contribution in [3.05, 3.63) is 0 Å². The minimum atomic E-state index is -0.615. The Bertz CT molecular complexity index is 415. The van der Waals surface area contributed by atoms with Crippen molar-refractivity contribution < 1.29 is 19.1 Å². The summed E-state index contributed by atoms with van der Waals surface area (Å²) in [4.78, 5) is 26.7. The second-order valence-electron chi connectivity index (χ2n) is 6.90. The highest BCUT2D eigenvalue weighted by molar-refractivity contribution is 5.84. The molecule has 0 aliphatic carbocycles. The highest BCUT2D eigenvalue weighted by atomic mass is 16.6. The molecule has 5 heteroatoms. The van der Waals surface area contributed by atoms with Gasteiger partial charge in [0, 0.05) is 6.04 Å². The van der Waals surface area contributed by atoms with Crippen molar-refractivity contribution >= 4 is 11.9 Å². The van der Waals surface area contributed by atoms with Gasteiger partial charge in [-0.15, -0.1) is 0 Å². The molecule has 0 bridgehead atoms. The highest BCUT2D eigenvalue weighted by Crippen LogP contribution is 2.46. The molecule has 20 heavy (non-hydrogen) atoms. The van der Waals surface area contributed by atoms with Crippen LogP contribution in [0, 0.1) is 5.92 Å². The zero-order valence-corrected chi connectivity index (χ0v) is 13.1. The summed E-state index contributed by atoms with van der Waals surface area (Å²) >= 11 is 0. The summed E-state index contributed by atoms with van der Waals surface area (Å²) in [6.45, 7) is 8.44. The Morgan fingerprint density at radius 3 is 2.50 bits per heavy atom. The van der Waals surface area contributed by atoms with E-state index in [1.165, 1.54) is 7.11 Å². The standard InChI is InChI=1S/C15H25NO4/c1-10-11(12(17)20-14(2,3)4)9-15(13(18)19-5)7-6-8-16(10)15/h10-11H,6-9H2,1-5H3/t10-,11-,15?/m0/s1. The van der Waals surface area contributed by atoms with E-state index in [1.807, 2.05) is 27.7 Å². The number of esters is 2. The van der Waals surface area contributed by atoms with Crippen molar-refractivity contribution in [2.45, 2.75) is 64.1 Å². The number of hydrogen-bond donors (Lipinski definition) is 0. The fourth-order valence-corrected chi connectivity index (χ4v) is 3.61. The molecule has 0 radical (unpaired) electrons. The van der Waals surface area contributed by atoms with Gasteiger partial charge in [0.15, 0.2) is 0 Å². The van der Waals surface area contributed by atoms with E-state index in [0.29, 0.717) is 6.42 Å². The lowest BCUT2D eigenvalue weighted by Crippen LogP contribution is -2.48. The van der Waals surface area contributed by atoms with Gasteiger partial charge in [-0.2, -0.15) is 0 Å². The van der Waals surface area contributed by atoms with Crippen molar-refractivity contribution in [3.63, 3.8) is 0 Å². The molecule has 114 valence electrons. The van der Waals surface area contributed by atoms with E-state index >= 15 is 0 Å². The summed E-state index contributed by atoms with van der Waals surface area (Å²) in [7, 11) is 1.42. The highest BCUT2D eigenvalue weighted by Gasteiger charge is 2.59. The third kappa shape index (κ3) is 2.43. The zero-order chi connectivity index (χ0) is 15.1. The lowest BCUT2D eigenvalue weighted by molar-refractivity contribution is -0.160. The molecular weight excluding hydrogens is 258 g/mol. The molecule has 2 fully saturated rings. The van der Waals surface area contributed by atoms with Crippen LogP contribution in [0.4, 0.5) is 0 Å². The molecule has 0 spiro atoms. The number of nitrogens with zero attached hydrogens (tertiary/aromatic N) is 1. The molecule has 5 nitrogen and oxygen atoms in total. The molecule has 0 aromatic heterocycles. The van der Waals surface area contributed by atoms with E-state index in [2.05, 4.69) is 4.90 Å². The van der Waals surface area contributed by atoms with Crippen LogP contribution in [0.3, 0.4) is 0 Å². The molecule has 2 heterocycles. The first kappa shape index (κ1) is 15.3. The summed E-state index contributed by atoms with van der Waals surface area (Å²) in [6.07, 6.45) is 2.25. The average molecular weight is 283 g/mol. The number of carbonyl (C=O) groups excluding carboxylic acids is 2. The van der Waals surface area contributed by atoms with Gasteiger partial charge in [-0.05, 0) is 53.5 Å². The van der Waals surface area contributed by atoms with Crippen LogP contribution in [-0.4, -0.2) is 47.7 Å². The minimum Gasteiger partial charge on any atom is -0.468 e. The van der Waals surface area contributed by atoms with Gasteiger partial charge in [-0.1, -0.05) is 0 Å². The lowest BCUT2D eigenvalue weighted by atomic mass is 9.89. The molecule has 0 aromatic carbocycles. The van der Waals surface area contributed by atoms with Gasteiger partial charge < -0.3 is 9.47 Å². The van der Waals surface area contributed by atoms with Gasteiger partial charge >= 0.3 is 11.9 Å². The fraction of sp³-hybridized carbons (Fsp3) is 0.867. The van der Waals surface area contributed by atoms with Crippen molar-refractivity contribution in [1.29, 1.82) is 0 Å². The van der Waals surface area contributed by atoms with Crippen LogP contribution < -0.4 is 0 Å². The fourth-order valence-electron chi connectivity index (χ4n) is 3.61. The van der Waals surface area contributed by atoms with Gasteiger partial charge in [0.25, 0.3) is 0 Å². The van der Waals surface area contributed by atoms with Crippen molar-refractivity contribution in [3.8, 4) is 0 Å². The van der Waals surface area contributed by atoms with E-state index in [4.69, 9.17) is 9.47 Å². The van der Waals surface area contributed by atoms with Gasteiger partial charge in [-0.3, -0.25) is 14.5 Å². The second-order valence-corrected chi connectivity index (χ2v) is 6.90. The van der Waals surface area contributed by atoms with Crippen LogP contribution in [0.2, 0.25) is 0 Å². The first-order valence-electron chi connectivity index (χ1n) is 7.29. The maximum atomic E-state index is 12.4. The number of carbonyl (C=O) groups is 2. The summed E-state index contributed by atoms with van der Waals surface area (Å²) < 4.78 is 10.5. The van der Waals surface area contributed by atoms with Gasteiger partial charge in [0.05, 0.1) is 13.0 Å². The third-order valence-corrected chi connectivity index (χ3v) is 4.45. The topological polar surface area (TPSA) is 55.8 Å². The number of ether oxygens (including phenoxy) is 2. The number of fused-ring (bicyclic) bond motifs is 1. The molecule has 0 amide bonds. The van der Waals surface area contributed by atoms with E-state index < -0.39 is 11.1 Å². The van der Waals surface area contributed by atoms with Crippen LogP contribution in [0.25, 0.3) is 0 Å². The van der Waals surface area contributed by atoms with Gasteiger partial charge in [0.1, 0.15) is 11.1 Å². The Morgan fingerprint density at radius 1 is 1.30 bits per heavy atom. The monoisotopic (exact) mass is 283 g/mol. The smallest absolute Gasteiger partial charge is 0.326 e. The molecule has 0 N–H and O–H groups in total. The van der Waals surface area contributed by atoms with E-state index in [-0.39, 0.29) is 23.9 Å². The Hall–Kier alpha value is -1.10. The predicted molar refractivity (Wildman–Crippen MR) is 74.1 cm³/mol. The van der Waals surface area contributed by atoms with Crippen LogP contribution in [0.5, 0.6) is 0 Å². The van der Waals surface area contributed by atoms with Gasteiger partial charge in [-0.25, -0.2) is 0 Å². The number of methoxy groups -OCH3 is 1. The summed E-state index contributed by atoms with van der Waals surface area (Å²) in [5.74, 6) is -0.677. The zero-order valence-electron chi connectivity index (χ0n) is 13.1. The molecule has 0 saturated carbocycles. The van der Waals surface area contributed by atoms with Crippen molar-refractivity contribution in [1.82, 2.24) is 4.90 Å². The normalized spacial score (nSPS) is 33.9. The summed E-state index contributed by atoms with van der Waals surface area (Å²) in [6, 6.07) is 0.0199. The maximum absolute atomic E-state index is 12.4. The van der Waals surface area contributed by atoms with Crippen molar-refractivity contribution in [2.75, 3.05) is 13.7 Å². The van der Waals surface area contributed by atoms with E-state index in [0.717, 1.165) is 19.4 Å². The first-order valence-corrected chi connectivity index (χ1v) is 7.29. The Kier molecular flexibility index (Phi) is 3.84. The van der Waals surface area contributed by atoms with E-state index in [1.54, 1.807) is 0 Å². The summed E-state index contributed by atoms with van der Waals surface area (Å²) in [5, 5.41) is 0. The summed E-state index contributed by atoms with van der Waals surface area (Å²) in [5.41, 5.74) is -1.11. The Balaban J connectivity index is 2.20. The quantitative estimate of drug-likeness (QED) is 0.723. The van der Waals surface area contributed by atoms with E-state index in [9.17, 15) is 9.59 Å². The molecule has 2 aliphatic heterocycles. The largest absolute Gasteiger partial charge is 0.468 e. The lowest BCUT2D eigenvalue weighted by Gasteiger charge is -2.30. The maximum Gasteiger partial charge on any atom is 0.326 e. The molecule has 1 unspecified atom stereocenters. The number of rotatable bonds is 2. The van der Waals surface area contributed by atoms with Crippen LogP contribution in [0.1, 0.15) is 47.0 Å². The first-order chi connectivity index (χ1) is 9.21. The molecule has 2 aliphatic rings. The molecule has 2 saturated heterocycles. The van der Waals surface area contributed by atoms with Crippen molar-refractivity contribution in [2.24, 2.45) is 5.92 Å². The molecule has 0 aromatic rings. The predicted octanol–water partition coefficient (Wildman–Crippen LogP) is 1.74. The van der Waals surface area contributed by atoms with Crippen LogP contribution in [-0.2, 0) is 19.1 Å². The Morgan fingerprint density at radius 2 is 1.95 bits per heavy atom. The van der Waals surface area contributed by atoms with Crippen LogP contribution in [0.15, 0.2) is 0 Å². The molecule has 2 rings (SSSR count). The second kappa shape index (κ2) is 5.02. The average Bonchev–Trinajstić information content (AvgIpc) is 2.86. The van der Waals surface area contributed by atoms with Crippen LogP contribution >= 0.6 is 0 Å². The Labute approximate surface area is 120 Å². The third-order valence-electron chi connectivity index (χ3n) is 4.45.